The smallest absolute Gasteiger partial charge is 0.0147 e. The van der Waals surface area contributed by atoms with Crippen LogP contribution in [0.3, 0.4) is 0 Å². The van der Waals surface area contributed by atoms with Gasteiger partial charge in [-0.1, -0.05) is 93.2 Å². The number of rotatable bonds is 2. The van der Waals surface area contributed by atoms with Crippen molar-refractivity contribution in [2.45, 2.75) is 39.3 Å². The third-order valence-corrected chi connectivity index (χ3v) is 10.1. The van der Waals surface area contributed by atoms with Gasteiger partial charge in [0, 0.05) is 38.5 Å². The van der Waals surface area contributed by atoms with Gasteiger partial charge in [-0.3, -0.25) is 0 Å². The molecule has 33 heavy (non-hydrogen) atoms. The average Bonchev–Trinajstić information content (AvgIpc) is 3.33. The van der Waals surface area contributed by atoms with E-state index in [9.17, 15) is 0 Å². The summed E-state index contributed by atoms with van der Waals surface area (Å²) >= 11 is 0. The van der Waals surface area contributed by atoms with Crippen LogP contribution in [-0.2, 0) is 22.4 Å². The molecule has 0 spiro atoms. The standard InChI is InChI=1S/C17H11.C11H21Si2.2CH3.Nb/c1-3-7-15-12(5-1)9-10-14-11-13-6-2-4-8-16(13)17(14)15;1-12(2,3)10-7-8-11(9-10)13(4,5)6;;;/h1-11H;7-9H,1-6H3;2*1H3;/q4*-1;. The van der Waals surface area contributed by atoms with E-state index >= 15 is 0 Å². The van der Waals surface area contributed by atoms with E-state index in [0.29, 0.717) is 0 Å². The summed E-state index contributed by atoms with van der Waals surface area (Å²) in [6, 6.07) is 31.1. The normalized spacial score (nSPS) is 11.2. The van der Waals surface area contributed by atoms with Crippen molar-refractivity contribution in [3.8, 4) is 0 Å². The summed E-state index contributed by atoms with van der Waals surface area (Å²) in [5.41, 5.74) is 0. The van der Waals surface area contributed by atoms with E-state index in [2.05, 4.69) is 124 Å². The molecule has 0 aromatic heterocycles. The fourth-order valence-corrected chi connectivity index (χ4v) is 6.59. The quantitative estimate of drug-likeness (QED) is 0.154. The van der Waals surface area contributed by atoms with Crippen LogP contribution in [0.2, 0.25) is 39.3 Å². The summed E-state index contributed by atoms with van der Waals surface area (Å²) < 4.78 is 0. The number of hydrogen-bond acceptors (Lipinski definition) is 0. The van der Waals surface area contributed by atoms with Gasteiger partial charge in [-0.25, -0.2) is 11.3 Å². The molecule has 5 aromatic carbocycles. The molecule has 175 valence electrons. The van der Waals surface area contributed by atoms with Crippen LogP contribution in [0.15, 0.2) is 84.9 Å². The molecule has 0 N–H and O–H groups in total. The molecule has 0 saturated heterocycles. The van der Waals surface area contributed by atoms with Gasteiger partial charge < -0.3 is 14.9 Å². The molecule has 0 heterocycles. The second-order valence-electron chi connectivity index (χ2n) is 10.4. The Kier molecular flexibility index (Phi) is 9.92. The molecule has 0 saturated carbocycles. The van der Waals surface area contributed by atoms with Crippen LogP contribution in [0, 0.1) is 14.9 Å². The zero-order valence-electron chi connectivity index (χ0n) is 21.5. The van der Waals surface area contributed by atoms with Gasteiger partial charge in [-0.15, -0.1) is 39.7 Å². The van der Waals surface area contributed by atoms with E-state index in [1.807, 2.05) is 0 Å². The van der Waals surface area contributed by atoms with Crippen molar-refractivity contribution in [3.63, 3.8) is 0 Å². The maximum absolute atomic E-state index is 2.46. The summed E-state index contributed by atoms with van der Waals surface area (Å²) in [7, 11) is -2.14. The molecule has 1 radical (unpaired) electrons. The molecule has 0 bridgehead atoms. The van der Waals surface area contributed by atoms with E-state index in [4.69, 9.17) is 0 Å². The topological polar surface area (TPSA) is 0 Å². The van der Waals surface area contributed by atoms with Crippen LogP contribution in [-0.4, -0.2) is 16.1 Å². The molecule has 0 nitrogen and oxygen atoms in total. The van der Waals surface area contributed by atoms with E-state index < -0.39 is 16.1 Å². The van der Waals surface area contributed by atoms with E-state index in [1.165, 1.54) is 32.3 Å². The summed E-state index contributed by atoms with van der Waals surface area (Å²) in [6.07, 6.45) is 0. The molecule has 0 atom stereocenters. The minimum atomic E-state index is -1.07. The molecule has 0 aliphatic rings. The van der Waals surface area contributed by atoms with Gasteiger partial charge in [0.15, 0.2) is 0 Å². The molecule has 0 fully saturated rings. The minimum absolute atomic E-state index is 0. The second kappa shape index (κ2) is 11.2. The molecular weight excluding hydrogens is 509 g/mol. The van der Waals surface area contributed by atoms with E-state index in [-0.39, 0.29) is 37.2 Å². The third-order valence-electron chi connectivity index (χ3n) is 5.99. The fourth-order valence-electron chi connectivity index (χ4n) is 4.10. The molecule has 0 unspecified atom stereocenters. The van der Waals surface area contributed by atoms with Crippen LogP contribution in [0.25, 0.3) is 32.3 Å². The van der Waals surface area contributed by atoms with Crippen molar-refractivity contribution in [2.24, 2.45) is 0 Å². The number of hydrogen-bond donors (Lipinski definition) is 0. The third kappa shape index (κ3) is 6.26. The van der Waals surface area contributed by atoms with Crippen molar-refractivity contribution < 1.29 is 22.4 Å². The Morgan fingerprint density at radius 3 is 1.85 bits per heavy atom. The SMILES string of the molecule is C[Si](C)(C)c1cc[c-]([Si](C)(C)C)c1.[CH3-].[CH3-].[Nb].c1ccc2c(c1)ccc1[cH-]c3ccccc3c12. The number of fused-ring (bicyclic) bond motifs is 5. The molecule has 3 heteroatoms. The molecule has 0 aliphatic heterocycles. The first kappa shape index (κ1) is 29.3. The van der Waals surface area contributed by atoms with Crippen LogP contribution in [0.4, 0.5) is 0 Å². The first-order chi connectivity index (χ1) is 14.1. The largest absolute Gasteiger partial charge is 0.358 e. The first-order valence-electron chi connectivity index (χ1n) is 10.9. The molecule has 0 amide bonds. The monoisotopic (exact) mass is 547 g/mol. The Balaban J connectivity index is 0.000000313. The van der Waals surface area contributed by atoms with Crippen molar-refractivity contribution in [1.82, 2.24) is 0 Å². The Hall–Kier alpha value is -1.69. The maximum Gasteiger partial charge on any atom is 0.0147 e. The van der Waals surface area contributed by atoms with E-state index in [0.717, 1.165) is 0 Å². The second-order valence-corrected chi connectivity index (χ2v) is 20.5. The summed E-state index contributed by atoms with van der Waals surface area (Å²) in [4.78, 5) is 0. The molecule has 0 aliphatic carbocycles. The van der Waals surface area contributed by atoms with Crippen LogP contribution in [0.1, 0.15) is 0 Å². The summed E-state index contributed by atoms with van der Waals surface area (Å²) in [5, 5.41) is 11.3. The summed E-state index contributed by atoms with van der Waals surface area (Å²) in [6.45, 7) is 14.5. The Bertz CT molecular complexity index is 1280. The van der Waals surface area contributed by atoms with Gasteiger partial charge >= 0.3 is 0 Å². The van der Waals surface area contributed by atoms with Crippen LogP contribution < -0.4 is 10.4 Å². The average molecular weight is 548 g/mol. The zero-order chi connectivity index (χ0) is 21.5. The van der Waals surface area contributed by atoms with Gasteiger partial charge in [0.25, 0.3) is 0 Å². The van der Waals surface area contributed by atoms with Crippen molar-refractivity contribution in [2.75, 3.05) is 0 Å². The molecular formula is C30H38NbSi2-4. The summed E-state index contributed by atoms with van der Waals surface area (Å²) in [5.74, 6) is 0. The first-order valence-corrected chi connectivity index (χ1v) is 17.9. The predicted octanol–water partition coefficient (Wildman–Crippen LogP) is 8.26. The van der Waals surface area contributed by atoms with Crippen LogP contribution >= 0.6 is 0 Å². The maximum atomic E-state index is 2.46. The Morgan fingerprint density at radius 2 is 1.27 bits per heavy atom. The number of benzene rings is 3. The van der Waals surface area contributed by atoms with Crippen molar-refractivity contribution in [1.29, 1.82) is 0 Å². The van der Waals surface area contributed by atoms with Gasteiger partial charge in [0.1, 0.15) is 0 Å². The van der Waals surface area contributed by atoms with Gasteiger partial charge in [0.05, 0.1) is 0 Å². The predicted molar refractivity (Wildman–Crippen MR) is 155 cm³/mol. The Labute approximate surface area is 219 Å². The van der Waals surface area contributed by atoms with Crippen molar-refractivity contribution in [3.05, 3.63) is 99.8 Å². The molecule has 5 rings (SSSR count). The van der Waals surface area contributed by atoms with Crippen molar-refractivity contribution >= 4 is 58.8 Å². The van der Waals surface area contributed by atoms with Gasteiger partial charge in [-0.2, -0.15) is 17.3 Å². The zero-order valence-corrected chi connectivity index (χ0v) is 25.7. The minimum Gasteiger partial charge on any atom is -0.358 e. The molecule has 5 aromatic rings. The van der Waals surface area contributed by atoms with Crippen LogP contribution in [0.5, 0.6) is 0 Å². The van der Waals surface area contributed by atoms with E-state index in [1.54, 1.807) is 10.4 Å². The van der Waals surface area contributed by atoms with Gasteiger partial charge in [0.2, 0.25) is 0 Å². The van der Waals surface area contributed by atoms with Gasteiger partial charge in [-0.05, 0) is 5.39 Å². The Morgan fingerprint density at radius 1 is 0.667 bits per heavy atom. The fraction of sp³-hybridized carbons (Fsp3) is 0.200.